The molecule has 0 atom stereocenters. The molecule has 30 heavy (non-hydrogen) atoms. The third kappa shape index (κ3) is 4.22. The maximum absolute atomic E-state index is 13.0. The van der Waals surface area contributed by atoms with Crippen LogP contribution in [0.4, 0.5) is 4.39 Å². The van der Waals surface area contributed by atoms with Crippen molar-refractivity contribution in [3.8, 4) is 5.75 Å². The van der Waals surface area contributed by atoms with Gasteiger partial charge in [0.1, 0.15) is 18.2 Å². The lowest BCUT2D eigenvalue weighted by Gasteiger charge is -2.10. The van der Waals surface area contributed by atoms with Gasteiger partial charge in [0.2, 0.25) is 0 Å². The van der Waals surface area contributed by atoms with Crippen molar-refractivity contribution in [3.05, 3.63) is 112 Å². The summed E-state index contributed by atoms with van der Waals surface area (Å²) in [6.07, 6.45) is 1.71. The van der Waals surface area contributed by atoms with Crippen LogP contribution in [0.2, 0.25) is 0 Å². The molecule has 0 amide bonds. The number of carbonyl (C=O) groups is 1. The van der Waals surface area contributed by atoms with Gasteiger partial charge in [0.05, 0.1) is 12.1 Å². The van der Waals surface area contributed by atoms with Gasteiger partial charge in [-0.2, -0.15) is 0 Å². The van der Waals surface area contributed by atoms with Gasteiger partial charge in [-0.05, 0) is 65.0 Å². The Hall–Kier alpha value is -3.93. The maximum Gasteiger partial charge on any atom is 0.335 e. The SMILES string of the molecule is O=C(O)c1ccc(Cn2ccc3cc(OCc4ccc(F)cc4)ccc3c2=O)cc1. The van der Waals surface area contributed by atoms with Crippen LogP contribution in [0.15, 0.2) is 83.8 Å². The molecule has 0 aliphatic carbocycles. The molecule has 0 spiro atoms. The molecule has 6 heteroatoms. The van der Waals surface area contributed by atoms with E-state index in [1.165, 1.54) is 24.3 Å². The molecule has 0 fully saturated rings. The molecule has 4 rings (SSSR count). The number of fused-ring (bicyclic) bond motifs is 1. The summed E-state index contributed by atoms with van der Waals surface area (Å²) in [5.41, 5.74) is 1.75. The fourth-order valence-electron chi connectivity index (χ4n) is 3.18. The lowest BCUT2D eigenvalue weighted by atomic mass is 10.1. The average molecular weight is 403 g/mol. The van der Waals surface area contributed by atoms with Crippen molar-refractivity contribution in [2.24, 2.45) is 0 Å². The second-order valence-corrected chi connectivity index (χ2v) is 6.92. The third-order valence-electron chi connectivity index (χ3n) is 4.82. The lowest BCUT2D eigenvalue weighted by Crippen LogP contribution is -2.20. The minimum absolute atomic E-state index is 0.139. The van der Waals surface area contributed by atoms with E-state index in [0.29, 0.717) is 24.3 Å². The molecule has 1 heterocycles. The van der Waals surface area contributed by atoms with Gasteiger partial charge in [-0.25, -0.2) is 9.18 Å². The van der Waals surface area contributed by atoms with E-state index in [0.717, 1.165) is 16.5 Å². The molecule has 0 aliphatic heterocycles. The first-order chi connectivity index (χ1) is 14.5. The largest absolute Gasteiger partial charge is 0.489 e. The first-order valence-electron chi connectivity index (χ1n) is 9.32. The third-order valence-corrected chi connectivity index (χ3v) is 4.82. The van der Waals surface area contributed by atoms with Crippen LogP contribution < -0.4 is 10.3 Å². The first kappa shape index (κ1) is 19.4. The molecular weight excluding hydrogens is 385 g/mol. The maximum atomic E-state index is 13.0. The predicted octanol–water partition coefficient (Wildman–Crippen LogP) is 4.47. The van der Waals surface area contributed by atoms with Crippen molar-refractivity contribution >= 4 is 16.7 Å². The Morgan fingerprint density at radius 3 is 2.33 bits per heavy atom. The number of pyridine rings is 1. The Balaban J connectivity index is 1.52. The predicted molar refractivity (Wildman–Crippen MR) is 111 cm³/mol. The summed E-state index contributed by atoms with van der Waals surface area (Å²) in [7, 11) is 0. The summed E-state index contributed by atoms with van der Waals surface area (Å²) in [5, 5.41) is 10.3. The van der Waals surface area contributed by atoms with Crippen molar-refractivity contribution in [1.29, 1.82) is 0 Å². The zero-order valence-corrected chi connectivity index (χ0v) is 15.9. The number of hydrogen-bond donors (Lipinski definition) is 1. The van der Waals surface area contributed by atoms with E-state index in [-0.39, 0.29) is 16.9 Å². The topological polar surface area (TPSA) is 68.5 Å². The molecule has 0 radical (unpaired) electrons. The van der Waals surface area contributed by atoms with E-state index in [9.17, 15) is 14.0 Å². The molecule has 0 saturated heterocycles. The van der Waals surface area contributed by atoms with Gasteiger partial charge in [0, 0.05) is 11.6 Å². The Morgan fingerprint density at radius 1 is 0.933 bits per heavy atom. The van der Waals surface area contributed by atoms with Crippen LogP contribution in [-0.4, -0.2) is 15.6 Å². The highest BCUT2D eigenvalue weighted by molar-refractivity contribution is 5.87. The van der Waals surface area contributed by atoms with Crippen molar-refractivity contribution in [1.82, 2.24) is 4.57 Å². The van der Waals surface area contributed by atoms with Gasteiger partial charge in [0.15, 0.2) is 0 Å². The number of ether oxygens (including phenoxy) is 1. The summed E-state index contributed by atoms with van der Waals surface area (Å²) >= 11 is 0. The van der Waals surface area contributed by atoms with Crippen molar-refractivity contribution in [2.75, 3.05) is 0 Å². The Morgan fingerprint density at radius 2 is 1.63 bits per heavy atom. The van der Waals surface area contributed by atoms with E-state index >= 15 is 0 Å². The summed E-state index contributed by atoms with van der Waals surface area (Å²) in [6, 6.07) is 19.6. The molecule has 0 unspecified atom stereocenters. The molecule has 1 aromatic heterocycles. The van der Waals surface area contributed by atoms with Gasteiger partial charge in [-0.15, -0.1) is 0 Å². The van der Waals surface area contributed by atoms with Gasteiger partial charge in [0.25, 0.3) is 5.56 Å². The number of aromatic carboxylic acids is 1. The number of aromatic nitrogens is 1. The van der Waals surface area contributed by atoms with Crippen LogP contribution in [0.25, 0.3) is 10.8 Å². The summed E-state index contributed by atoms with van der Waals surface area (Å²) in [6.45, 7) is 0.646. The summed E-state index contributed by atoms with van der Waals surface area (Å²) in [5.74, 6) is -0.659. The Kier molecular flexibility index (Phi) is 5.30. The van der Waals surface area contributed by atoms with Crippen molar-refractivity contribution in [3.63, 3.8) is 0 Å². The highest BCUT2D eigenvalue weighted by Crippen LogP contribution is 2.20. The quantitative estimate of drug-likeness (QED) is 0.516. The van der Waals surface area contributed by atoms with Gasteiger partial charge in [-0.3, -0.25) is 4.79 Å². The Labute approximate surface area is 171 Å². The van der Waals surface area contributed by atoms with Gasteiger partial charge in [-0.1, -0.05) is 24.3 Å². The molecule has 0 bridgehead atoms. The summed E-state index contributed by atoms with van der Waals surface area (Å²) in [4.78, 5) is 23.8. The molecule has 4 aromatic rings. The van der Waals surface area contributed by atoms with E-state index in [2.05, 4.69) is 0 Å². The number of carboxylic acid groups (broad SMARTS) is 1. The highest BCUT2D eigenvalue weighted by Gasteiger charge is 2.07. The fourth-order valence-corrected chi connectivity index (χ4v) is 3.18. The molecule has 5 nitrogen and oxygen atoms in total. The minimum atomic E-state index is -0.984. The number of carboxylic acids is 1. The summed E-state index contributed by atoms with van der Waals surface area (Å²) < 4.78 is 20.3. The van der Waals surface area contributed by atoms with Crippen LogP contribution in [0.1, 0.15) is 21.5 Å². The molecule has 0 aliphatic rings. The number of halogens is 1. The number of nitrogens with zero attached hydrogens (tertiary/aromatic N) is 1. The zero-order valence-electron chi connectivity index (χ0n) is 15.9. The van der Waals surface area contributed by atoms with Crippen LogP contribution in [0.5, 0.6) is 5.75 Å². The molecule has 150 valence electrons. The van der Waals surface area contributed by atoms with Crippen LogP contribution in [0, 0.1) is 5.82 Å². The second-order valence-electron chi connectivity index (χ2n) is 6.92. The van der Waals surface area contributed by atoms with Crippen LogP contribution >= 0.6 is 0 Å². The van der Waals surface area contributed by atoms with E-state index in [1.807, 2.05) is 6.07 Å². The second kappa shape index (κ2) is 8.21. The fraction of sp³-hybridized carbons (Fsp3) is 0.0833. The monoisotopic (exact) mass is 403 g/mol. The van der Waals surface area contributed by atoms with E-state index in [1.54, 1.807) is 53.2 Å². The molecule has 0 saturated carbocycles. The van der Waals surface area contributed by atoms with Crippen molar-refractivity contribution in [2.45, 2.75) is 13.2 Å². The first-order valence-corrected chi connectivity index (χ1v) is 9.32. The lowest BCUT2D eigenvalue weighted by molar-refractivity contribution is 0.0697. The normalized spacial score (nSPS) is 10.8. The van der Waals surface area contributed by atoms with E-state index in [4.69, 9.17) is 9.84 Å². The number of hydrogen-bond acceptors (Lipinski definition) is 3. The average Bonchev–Trinajstić information content (AvgIpc) is 2.75. The number of rotatable bonds is 6. The molecule has 3 aromatic carbocycles. The number of benzene rings is 3. The van der Waals surface area contributed by atoms with Gasteiger partial charge < -0.3 is 14.4 Å². The minimum Gasteiger partial charge on any atom is -0.489 e. The molecular formula is C24H18FNO4. The van der Waals surface area contributed by atoms with E-state index < -0.39 is 5.97 Å². The van der Waals surface area contributed by atoms with Crippen molar-refractivity contribution < 1.29 is 19.0 Å². The zero-order chi connectivity index (χ0) is 21.1. The van der Waals surface area contributed by atoms with Gasteiger partial charge >= 0.3 is 5.97 Å². The Bertz CT molecular complexity index is 1260. The highest BCUT2D eigenvalue weighted by atomic mass is 19.1. The van der Waals surface area contributed by atoms with Crippen LogP contribution in [-0.2, 0) is 13.2 Å². The smallest absolute Gasteiger partial charge is 0.335 e. The van der Waals surface area contributed by atoms with Crippen LogP contribution in [0.3, 0.4) is 0 Å². The standard InChI is InChI=1S/C24H18FNO4/c25-20-7-3-17(4-8-20)15-30-21-9-10-22-19(13-21)11-12-26(23(22)27)14-16-1-5-18(6-2-16)24(28)29/h1-13H,14-15H2,(H,28,29). The molecule has 1 N–H and O–H groups in total.